The van der Waals surface area contributed by atoms with E-state index in [1.807, 2.05) is 11.3 Å². The Hall–Kier alpha value is -5.78. The van der Waals surface area contributed by atoms with Gasteiger partial charge in [0.15, 0.2) is 0 Å². The van der Waals surface area contributed by atoms with E-state index in [1.54, 1.807) is 5.56 Å². The van der Waals surface area contributed by atoms with Crippen molar-refractivity contribution in [1.29, 1.82) is 0 Å². The zero-order chi connectivity index (χ0) is 56.7. The van der Waals surface area contributed by atoms with Crippen molar-refractivity contribution in [2.75, 3.05) is 14.7 Å². The van der Waals surface area contributed by atoms with Gasteiger partial charge in [-0.15, -0.1) is 11.3 Å². The lowest BCUT2D eigenvalue weighted by Gasteiger charge is -2.52. The van der Waals surface area contributed by atoms with Gasteiger partial charge in [-0.3, -0.25) is 0 Å². The fraction of sp³-hybridized carbons (Fsp3) is 0.447. The van der Waals surface area contributed by atoms with E-state index in [2.05, 4.69) is 235 Å². The van der Waals surface area contributed by atoms with Crippen LogP contribution < -0.4 is 31.1 Å². The van der Waals surface area contributed by atoms with Crippen molar-refractivity contribution in [2.45, 2.75) is 218 Å². The van der Waals surface area contributed by atoms with Crippen LogP contribution in [0.4, 0.5) is 45.5 Å². The molecule has 0 spiro atoms. The monoisotopic (exact) mass is 1080 g/mol. The Labute approximate surface area is 489 Å². The van der Waals surface area contributed by atoms with E-state index in [1.165, 1.54) is 184 Å². The maximum Gasteiger partial charge on any atom is 0.252 e. The molecule has 0 N–H and O–H groups in total. The van der Waals surface area contributed by atoms with Crippen molar-refractivity contribution in [3.8, 4) is 0 Å². The van der Waals surface area contributed by atoms with Gasteiger partial charge < -0.3 is 14.7 Å². The Bertz CT molecular complexity index is 4070. The standard InChI is InChI=1S/C76H86BN3S/c1-45-35-46(2)67-62(36-45)80(76(16)28-20-19-27-75(67,76)15)49-39-63-68-64(40-49)79(48-23-25-52-53(38-48)70(5,6)30-29-69(52,3)4)61-44-57-55(72(9,10)32-34-74(57,13)14)42-59(61)77(68)58-41-54-56(73(11,12)33-31-71(54,7)8)43-60(58)78(63)47-24-26-66-51(37-47)50-21-17-18-22-65(50)81-66/h17-18,21-26,35-44H,19-20,27-34H2,1-16H3. The molecule has 4 heterocycles. The van der Waals surface area contributed by atoms with Crippen molar-refractivity contribution in [3.05, 3.63) is 159 Å². The van der Waals surface area contributed by atoms with E-state index in [-0.39, 0.29) is 50.2 Å². The van der Waals surface area contributed by atoms with Crippen LogP contribution in [0.25, 0.3) is 20.2 Å². The van der Waals surface area contributed by atoms with E-state index < -0.39 is 0 Å². The fourth-order valence-corrected chi connectivity index (χ4v) is 19.2. The van der Waals surface area contributed by atoms with Gasteiger partial charge in [-0.1, -0.05) is 145 Å². The first-order chi connectivity index (χ1) is 38.1. The molecule has 3 nitrogen and oxygen atoms in total. The summed E-state index contributed by atoms with van der Waals surface area (Å²) in [5.74, 6) is 0. The normalized spacial score (nSPS) is 24.4. The number of anilines is 8. The number of thiophene rings is 1. The number of hydrogen-bond donors (Lipinski definition) is 0. The van der Waals surface area contributed by atoms with E-state index in [9.17, 15) is 0 Å². The van der Waals surface area contributed by atoms with Crippen molar-refractivity contribution in [2.24, 2.45) is 0 Å². The van der Waals surface area contributed by atoms with E-state index in [4.69, 9.17) is 0 Å². The highest BCUT2D eigenvalue weighted by molar-refractivity contribution is 7.25. The molecule has 0 bridgehead atoms. The Kier molecular flexibility index (Phi) is 10.6. The Morgan fingerprint density at radius 2 is 0.877 bits per heavy atom. The smallest absolute Gasteiger partial charge is 0.252 e. The number of aryl methyl sites for hydroxylation is 2. The molecule has 7 aromatic carbocycles. The third-order valence-corrected chi connectivity index (χ3v) is 24.6. The van der Waals surface area contributed by atoms with Crippen molar-refractivity contribution in [1.82, 2.24) is 0 Å². The summed E-state index contributed by atoms with van der Waals surface area (Å²) in [6.45, 7) is 40.2. The highest BCUT2D eigenvalue weighted by atomic mass is 32.1. The molecule has 4 aliphatic carbocycles. The molecule has 1 aromatic heterocycles. The largest absolute Gasteiger partial charge is 0.334 e. The number of nitrogens with zero attached hydrogens (tertiary/aromatic N) is 3. The van der Waals surface area contributed by atoms with Crippen LogP contribution in [-0.4, -0.2) is 12.3 Å². The lowest BCUT2D eigenvalue weighted by Crippen LogP contribution is -2.62. The molecule has 15 rings (SSSR count). The van der Waals surface area contributed by atoms with Crippen LogP contribution in [0, 0.1) is 13.8 Å². The Balaban J connectivity index is 1.12. The summed E-state index contributed by atoms with van der Waals surface area (Å²) in [6.07, 6.45) is 11.9. The van der Waals surface area contributed by atoms with Crippen LogP contribution in [0.2, 0.25) is 0 Å². The highest BCUT2D eigenvalue weighted by Gasteiger charge is 2.59. The molecule has 7 aliphatic rings. The van der Waals surface area contributed by atoms with Gasteiger partial charge in [0, 0.05) is 71.1 Å². The molecule has 0 amide bonds. The topological polar surface area (TPSA) is 9.72 Å². The van der Waals surface area contributed by atoms with Gasteiger partial charge in [-0.25, -0.2) is 0 Å². The molecular formula is C76H86BN3S. The molecular weight excluding hydrogens is 998 g/mol. The average Bonchev–Trinajstić information content (AvgIpc) is 2.72. The first-order valence-electron chi connectivity index (χ1n) is 31.3. The van der Waals surface area contributed by atoms with E-state index >= 15 is 0 Å². The molecule has 1 fully saturated rings. The third kappa shape index (κ3) is 7.06. The SMILES string of the molecule is Cc1cc(C)c2c(c1)N(c1cc3c4c(c1)N(c1ccc5sc6ccccc6c5c1)c1cc5c(cc1B4c1cc4c(cc1N3c1ccc3c(c1)C(C)(C)CCC3(C)C)C(C)(C)CCC4(C)C)C(C)(C)CCC5(C)C)C1(C)CCCCC21C. The van der Waals surface area contributed by atoms with E-state index in [0.29, 0.717) is 0 Å². The summed E-state index contributed by atoms with van der Waals surface area (Å²) in [5, 5.41) is 2.69. The zero-order valence-electron chi connectivity index (χ0n) is 51.8. The lowest BCUT2D eigenvalue weighted by molar-refractivity contribution is 0.194. The van der Waals surface area contributed by atoms with Crippen molar-refractivity contribution >= 4 is 100 Å². The molecule has 8 aromatic rings. The maximum atomic E-state index is 2.90. The van der Waals surface area contributed by atoms with Crippen LogP contribution in [0.3, 0.4) is 0 Å². The summed E-state index contributed by atoms with van der Waals surface area (Å²) in [7, 11) is 0. The van der Waals surface area contributed by atoms with Gasteiger partial charge in [0.1, 0.15) is 0 Å². The summed E-state index contributed by atoms with van der Waals surface area (Å²) in [5.41, 5.74) is 28.5. The van der Waals surface area contributed by atoms with Crippen LogP contribution in [-0.2, 0) is 37.9 Å². The average molecular weight is 1080 g/mol. The minimum Gasteiger partial charge on any atom is -0.334 e. The van der Waals surface area contributed by atoms with Gasteiger partial charge in [-0.2, -0.15) is 0 Å². The molecule has 5 heteroatoms. The molecule has 414 valence electrons. The Morgan fingerprint density at radius 3 is 1.46 bits per heavy atom. The van der Waals surface area contributed by atoms with E-state index in [0.717, 1.165) is 6.42 Å². The maximum absolute atomic E-state index is 2.90. The number of fused-ring (bicyclic) bond motifs is 13. The van der Waals surface area contributed by atoms with Crippen LogP contribution >= 0.6 is 11.3 Å². The summed E-state index contributed by atoms with van der Waals surface area (Å²) in [4.78, 5) is 8.50. The summed E-state index contributed by atoms with van der Waals surface area (Å²) in [6, 6.07) is 45.7. The van der Waals surface area contributed by atoms with Crippen LogP contribution in [0.5, 0.6) is 0 Å². The Morgan fingerprint density at radius 1 is 0.395 bits per heavy atom. The zero-order valence-corrected chi connectivity index (χ0v) is 52.6. The van der Waals surface area contributed by atoms with Crippen molar-refractivity contribution in [3.63, 3.8) is 0 Å². The molecule has 2 unspecified atom stereocenters. The molecule has 2 atom stereocenters. The fourth-order valence-electron chi connectivity index (χ4n) is 18.1. The number of benzene rings is 7. The van der Waals surface area contributed by atoms with Crippen LogP contribution in [0.15, 0.2) is 109 Å². The minimum absolute atomic E-state index is 0.00317. The van der Waals surface area contributed by atoms with Crippen LogP contribution in [0.1, 0.15) is 211 Å². The van der Waals surface area contributed by atoms with Gasteiger partial charge in [0.05, 0.1) is 5.54 Å². The highest BCUT2D eigenvalue weighted by Crippen LogP contribution is 2.63. The van der Waals surface area contributed by atoms with Crippen molar-refractivity contribution < 1.29 is 0 Å². The summed E-state index contributed by atoms with van der Waals surface area (Å²) < 4.78 is 2.69. The minimum atomic E-state index is -0.138. The first-order valence-corrected chi connectivity index (χ1v) is 32.1. The lowest BCUT2D eigenvalue weighted by atomic mass is 9.32. The van der Waals surface area contributed by atoms with Gasteiger partial charge in [-0.05, 0) is 238 Å². The van der Waals surface area contributed by atoms with Gasteiger partial charge in [0.25, 0.3) is 6.71 Å². The second-order valence-corrected chi connectivity index (χ2v) is 32.4. The molecule has 3 aliphatic heterocycles. The predicted octanol–water partition coefficient (Wildman–Crippen LogP) is 19.5. The number of rotatable bonds is 3. The molecule has 1 saturated carbocycles. The second kappa shape index (κ2) is 16.5. The molecule has 0 radical (unpaired) electrons. The van der Waals surface area contributed by atoms with Gasteiger partial charge in [0.2, 0.25) is 0 Å². The predicted molar refractivity (Wildman–Crippen MR) is 351 cm³/mol. The molecule has 81 heavy (non-hydrogen) atoms. The quantitative estimate of drug-likeness (QED) is 0.163. The molecule has 0 saturated heterocycles. The number of hydrogen-bond acceptors (Lipinski definition) is 4. The van der Waals surface area contributed by atoms with Gasteiger partial charge >= 0.3 is 0 Å². The second-order valence-electron chi connectivity index (χ2n) is 31.4. The third-order valence-electron chi connectivity index (χ3n) is 23.5. The first kappa shape index (κ1) is 52.1. The summed E-state index contributed by atoms with van der Waals surface area (Å²) >= 11 is 1.92.